The largest absolute Gasteiger partial charge is 0.486 e. The average Bonchev–Trinajstić information content (AvgIpc) is 3.12. The number of rotatable bonds is 4. The van der Waals surface area contributed by atoms with Gasteiger partial charge in [-0.25, -0.2) is 9.97 Å². The lowest BCUT2D eigenvalue weighted by molar-refractivity contribution is 0.171. The lowest BCUT2D eigenvalue weighted by atomic mass is 10.1. The molecular weight excluding hydrogens is 396 g/mol. The Morgan fingerprint density at radius 3 is 2.47 bits per heavy atom. The van der Waals surface area contributed by atoms with Crippen LogP contribution in [0.2, 0.25) is 0 Å². The second kappa shape index (κ2) is 7.57. The van der Waals surface area contributed by atoms with Crippen LogP contribution < -0.4 is 14.8 Å². The number of thioether (sulfide) groups is 1. The highest BCUT2D eigenvalue weighted by molar-refractivity contribution is 7.98. The molecule has 0 aliphatic carbocycles. The summed E-state index contributed by atoms with van der Waals surface area (Å²) in [4.78, 5) is 10.7. The Balaban J connectivity index is 1.65. The number of ether oxygens (including phenoxy) is 2. The highest BCUT2D eigenvalue weighted by Gasteiger charge is 2.19. The molecule has 0 fully saturated rings. The molecule has 1 aliphatic heterocycles. The first-order valence-electron chi connectivity index (χ1n) is 9.80. The molecule has 3 heterocycles. The van der Waals surface area contributed by atoms with Gasteiger partial charge in [-0.05, 0) is 50.4 Å². The molecule has 0 unspecified atom stereocenters. The smallest absolute Gasteiger partial charge is 0.236 e. The third-order valence-electron chi connectivity index (χ3n) is 5.07. The van der Waals surface area contributed by atoms with Crippen LogP contribution in [0.25, 0.3) is 17.0 Å². The predicted molar refractivity (Wildman–Crippen MR) is 120 cm³/mol. The van der Waals surface area contributed by atoms with Crippen molar-refractivity contribution >= 4 is 29.0 Å². The fraction of sp³-hybridized carbons (Fsp3) is 0.217. The van der Waals surface area contributed by atoms with Gasteiger partial charge in [0.25, 0.3) is 0 Å². The summed E-state index contributed by atoms with van der Waals surface area (Å²) >= 11 is 1.72. The number of fused-ring (bicyclic) bond motifs is 2. The van der Waals surface area contributed by atoms with Crippen LogP contribution in [0.5, 0.6) is 11.5 Å². The maximum absolute atomic E-state index is 5.75. The maximum Gasteiger partial charge on any atom is 0.236 e. The normalized spacial score (nSPS) is 12.9. The number of aryl methyl sites for hydroxylation is 2. The Labute approximate surface area is 179 Å². The quantitative estimate of drug-likeness (QED) is 0.457. The molecule has 0 saturated carbocycles. The van der Waals surface area contributed by atoms with Crippen LogP contribution in [-0.4, -0.2) is 33.8 Å². The molecule has 0 spiro atoms. The molecule has 2 aromatic carbocycles. The summed E-state index contributed by atoms with van der Waals surface area (Å²) in [6, 6.07) is 16.4. The number of anilines is 2. The van der Waals surface area contributed by atoms with E-state index in [4.69, 9.17) is 14.5 Å². The summed E-state index contributed by atoms with van der Waals surface area (Å²) in [5.41, 5.74) is 4.81. The molecule has 2 aromatic heterocycles. The second-order valence-corrected chi connectivity index (χ2v) is 8.07. The summed E-state index contributed by atoms with van der Waals surface area (Å²) in [5, 5.41) is 3.55. The number of nitrogens with zero attached hydrogens (tertiary/aromatic N) is 3. The molecule has 7 heteroatoms. The van der Waals surface area contributed by atoms with Crippen molar-refractivity contribution in [2.24, 2.45) is 0 Å². The lowest BCUT2D eigenvalue weighted by Gasteiger charge is -2.19. The van der Waals surface area contributed by atoms with E-state index in [1.54, 1.807) is 11.8 Å². The summed E-state index contributed by atoms with van der Waals surface area (Å²) in [6.45, 7) is 5.19. The maximum atomic E-state index is 5.75. The van der Waals surface area contributed by atoms with E-state index < -0.39 is 0 Å². The van der Waals surface area contributed by atoms with Crippen molar-refractivity contribution in [3.63, 3.8) is 0 Å². The van der Waals surface area contributed by atoms with Crippen molar-refractivity contribution in [1.29, 1.82) is 0 Å². The fourth-order valence-corrected chi connectivity index (χ4v) is 4.11. The van der Waals surface area contributed by atoms with Crippen LogP contribution in [0, 0.1) is 13.8 Å². The van der Waals surface area contributed by atoms with Gasteiger partial charge >= 0.3 is 0 Å². The SMILES string of the molecule is CSc1ccc(-c2nc3nc(C)cc(C)n3c2Nc2ccc3c(c2)OCCO3)cc1. The predicted octanol–water partition coefficient (Wildman–Crippen LogP) is 5.25. The van der Waals surface area contributed by atoms with Gasteiger partial charge in [0, 0.05) is 33.6 Å². The van der Waals surface area contributed by atoms with Crippen LogP contribution in [0.4, 0.5) is 11.5 Å². The van der Waals surface area contributed by atoms with Gasteiger partial charge in [-0.2, -0.15) is 0 Å². The highest BCUT2D eigenvalue weighted by Crippen LogP contribution is 2.36. The van der Waals surface area contributed by atoms with Gasteiger partial charge in [0.2, 0.25) is 5.78 Å². The van der Waals surface area contributed by atoms with Gasteiger partial charge in [0.05, 0.1) is 0 Å². The molecule has 4 aromatic rings. The number of aromatic nitrogens is 3. The van der Waals surface area contributed by atoms with Gasteiger partial charge < -0.3 is 14.8 Å². The molecule has 5 rings (SSSR count). The summed E-state index contributed by atoms with van der Waals surface area (Å²) in [5.74, 6) is 3.07. The summed E-state index contributed by atoms with van der Waals surface area (Å²) < 4.78 is 13.5. The number of hydrogen-bond donors (Lipinski definition) is 1. The van der Waals surface area contributed by atoms with Crippen LogP contribution in [0.1, 0.15) is 11.4 Å². The Hall–Kier alpha value is -3.19. The first kappa shape index (κ1) is 18.8. The second-order valence-electron chi connectivity index (χ2n) is 7.20. The first-order valence-corrected chi connectivity index (χ1v) is 11.0. The van der Waals surface area contributed by atoms with Crippen molar-refractivity contribution in [3.05, 3.63) is 59.9 Å². The minimum Gasteiger partial charge on any atom is -0.486 e. The molecule has 0 bridgehead atoms. The Morgan fingerprint density at radius 2 is 1.70 bits per heavy atom. The van der Waals surface area contributed by atoms with Crippen molar-refractivity contribution in [1.82, 2.24) is 14.4 Å². The Bertz CT molecular complexity index is 1230. The molecule has 30 heavy (non-hydrogen) atoms. The molecular formula is C23H22N4O2S. The van der Waals surface area contributed by atoms with Crippen LogP contribution in [-0.2, 0) is 0 Å². The van der Waals surface area contributed by atoms with Gasteiger partial charge in [-0.3, -0.25) is 4.40 Å². The van der Waals surface area contributed by atoms with Crippen LogP contribution in [0.15, 0.2) is 53.4 Å². The molecule has 6 nitrogen and oxygen atoms in total. The van der Waals surface area contributed by atoms with Gasteiger partial charge in [-0.15, -0.1) is 11.8 Å². The van der Waals surface area contributed by atoms with E-state index in [0.717, 1.165) is 45.6 Å². The van der Waals surface area contributed by atoms with Crippen molar-refractivity contribution in [2.45, 2.75) is 18.7 Å². The van der Waals surface area contributed by atoms with E-state index in [1.165, 1.54) is 4.90 Å². The van der Waals surface area contributed by atoms with Crippen LogP contribution in [0.3, 0.4) is 0 Å². The van der Waals surface area contributed by atoms with Crippen molar-refractivity contribution in [3.8, 4) is 22.8 Å². The van der Waals surface area contributed by atoms with E-state index in [2.05, 4.69) is 58.2 Å². The topological polar surface area (TPSA) is 60.7 Å². The number of hydrogen-bond acceptors (Lipinski definition) is 6. The zero-order valence-electron chi connectivity index (χ0n) is 17.1. The van der Waals surface area contributed by atoms with E-state index in [-0.39, 0.29) is 0 Å². The summed E-state index contributed by atoms with van der Waals surface area (Å²) in [6.07, 6.45) is 2.07. The molecule has 0 atom stereocenters. The van der Waals surface area contributed by atoms with E-state index in [0.29, 0.717) is 19.0 Å². The van der Waals surface area contributed by atoms with Gasteiger partial charge in [-0.1, -0.05) is 12.1 Å². The lowest BCUT2D eigenvalue weighted by Crippen LogP contribution is -2.15. The molecule has 1 N–H and O–H groups in total. The standard InChI is InChI=1S/C23H22N4O2S/c1-14-12-15(2)27-22(25-17-6-9-19-20(13-17)29-11-10-28-19)21(26-23(27)24-14)16-4-7-18(30-3)8-5-16/h4-9,12-13,25H,10-11H2,1-3H3. The van der Waals surface area contributed by atoms with Gasteiger partial charge in [0.1, 0.15) is 24.7 Å². The third-order valence-corrected chi connectivity index (χ3v) is 5.82. The molecule has 1 aliphatic rings. The number of nitrogens with one attached hydrogen (secondary N) is 1. The molecule has 0 amide bonds. The molecule has 0 radical (unpaired) electrons. The average molecular weight is 419 g/mol. The minimum atomic E-state index is 0.557. The third kappa shape index (κ3) is 3.35. The highest BCUT2D eigenvalue weighted by atomic mass is 32.2. The minimum absolute atomic E-state index is 0.557. The molecule has 0 saturated heterocycles. The Morgan fingerprint density at radius 1 is 0.933 bits per heavy atom. The number of imidazole rings is 1. The first-order chi connectivity index (χ1) is 14.6. The van der Waals surface area contributed by atoms with Crippen molar-refractivity contribution in [2.75, 3.05) is 24.8 Å². The molecule has 152 valence electrons. The number of benzene rings is 2. The zero-order chi connectivity index (χ0) is 20.7. The van der Waals surface area contributed by atoms with E-state index >= 15 is 0 Å². The van der Waals surface area contributed by atoms with E-state index in [1.807, 2.05) is 25.1 Å². The Kier molecular flexibility index (Phi) is 4.75. The van der Waals surface area contributed by atoms with Gasteiger partial charge in [0.15, 0.2) is 11.5 Å². The van der Waals surface area contributed by atoms with E-state index in [9.17, 15) is 0 Å². The summed E-state index contributed by atoms with van der Waals surface area (Å²) in [7, 11) is 0. The van der Waals surface area contributed by atoms with Crippen molar-refractivity contribution < 1.29 is 9.47 Å². The van der Waals surface area contributed by atoms with Crippen LogP contribution >= 0.6 is 11.8 Å². The monoisotopic (exact) mass is 418 g/mol. The fourth-order valence-electron chi connectivity index (χ4n) is 3.70. The zero-order valence-corrected chi connectivity index (χ0v) is 17.9.